The third kappa shape index (κ3) is 5.30. The summed E-state index contributed by atoms with van der Waals surface area (Å²) in [4.78, 5) is 28.2. The molecule has 5 nitrogen and oxygen atoms in total. The predicted molar refractivity (Wildman–Crippen MR) is 97.6 cm³/mol. The van der Waals surface area contributed by atoms with Gasteiger partial charge >= 0.3 is 5.97 Å². The van der Waals surface area contributed by atoms with Crippen LogP contribution in [0.5, 0.6) is 0 Å². The van der Waals surface area contributed by atoms with Gasteiger partial charge in [-0.05, 0) is 31.0 Å². The number of benzene rings is 1. The van der Waals surface area contributed by atoms with E-state index in [0.29, 0.717) is 23.7 Å². The molecule has 0 aliphatic carbocycles. The maximum Gasteiger partial charge on any atom is 0.338 e. The summed E-state index contributed by atoms with van der Waals surface area (Å²) in [6.07, 6.45) is 5.40. The first kappa shape index (κ1) is 18.4. The van der Waals surface area contributed by atoms with Crippen LogP contribution in [0.1, 0.15) is 62.7 Å². The smallest absolute Gasteiger partial charge is 0.338 e. The Kier molecular flexibility index (Phi) is 7.18. The lowest BCUT2D eigenvalue weighted by Gasteiger charge is -2.03. The van der Waals surface area contributed by atoms with Crippen LogP contribution >= 0.6 is 11.3 Å². The zero-order valence-corrected chi connectivity index (χ0v) is 15.1. The van der Waals surface area contributed by atoms with Gasteiger partial charge in [-0.25, -0.2) is 9.78 Å². The van der Waals surface area contributed by atoms with Gasteiger partial charge < -0.3 is 10.1 Å². The average Bonchev–Trinajstić information content (AvgIpc) is 2.96. The second kappa shape index (κ2) is 9.37. The maximum atomic E-state index is 12.0. The molecule has 0 saturated carbocycles. The zero-order valence-electron chi connectivity index (χ0n) is 14.3. The SMILES string of the molecule is CCCCCC(=O)Nc1nc2ccc(C(=O)OCCCC)cc2s1. The molecule has 1 aromatic heterocycles. The van der Waals surface area contributed by atoms with Crippen molar-refractivity contribution in [3.05, 3.63) is 23.8 Å². The highest BCUT2D eigenvalue weighted by Crippen LogP contribution is 2.27. The van der Waals surface area contributed by atoms with Crippen molar-refractivity contribution in [3.8, 4) is 0 Å². The lowest BCUT2D eigenvalue weighted by Crippen LogP contribution is -2.10. The van der Waals surface area contributed by atoms with Crippen molar-refractivity contribution in [2.75, 3.05) is 11.9 Å². The molecule has 0 bridgehead atoms. The second-order valence-electron chi connectivity index (χ2n) is 5.70. The van der Waals surface area contributed by atoms with Crippen LogP contribution in [0.25, 0.3) is 10.2 Å². The Morgan fingerprint density at radius 3 is 2.71 bits per heavy atom. The lowest BCUT2D eigenvalue weighted by atomic mass is 10.2. The summed E-state index contributed by atoms with van der Waals surface area (Å²) in [5, 5.41) is 3.41. The molecular formula is C18H24N2O3S. The van der Waals surface area contributed by atoms with Crippen molar-refractivity contribution >= 4 is 38.6 Å². The van der Waals surface area contributed by atoms with Crippen LogP contribution in [0.3, 0.4) is 0 Å². The van der Waals surface area contributed by atoms with E-state index in [1.54, 1.807) is 18.2 Å². The van der Waals surface area contributed by atoms with Gasteiger partial charge in [0.05, 0.1) is 22.4 Å². The number of hydrogen-bond donors (Lipinski definition) is 1. The van der Waals surface area contributed by atoms with E-state index in [-0.39, 0.29) is 11.9 Å². The topological polar surface area (TPSA) is 68.3 Å². The average molecular weight is 348 g/mol. The molecule has 1 heterocycles. The summed E-state index contributed by atoms with van der Waals surface area (Å²) in [6, 6.07) is 5.27. The van der Waals surface area contributed by atoms with Crippen LogP contribution in [-0.2, 0) is 9.53 Å². The highest BCUT2D eigenvalue weighted by molar-refractivity contribution is 7.22. The van der Waals surface area contributed by atoms with Crippen LogP contribution in [0.15, 0.2) is 18.2 Å². The summed E-state index contributed by atoms with van der Waals surface area (Å²) in [7, 11) is 0. The van der Waals surface area contributed by atoms with Crippen molar-refractivity contribution in [2.45, 2.75) is 52.4 Å². The highest BCUT2D eigenvalue weighted by atomic mass is 32.1. The van der Waals surface area contributed by atoms with Crippen molar-refractivity contribution in [2.24, 2.45) is 0 Å². The van der Waals surface area contributed by atoms with Crippen LogP contribution in [0.2, 0.25) is 0 Å². The van der Waals surface area contributed by atoms with E-state index in [4.69, 9.17) is 4.74 Å². The van der Waals surface area contributed by atoms with Crippen LogP contribution in [-0.4, -0.2) is 23.5 Å². The molecule has 0 unspecified atom stereocenters. The number of unbranched alkanes of at least 4 members (excludes halogenated alkanes) is 3. The molecule has 0 saturated heterocycles. The molecule has 0 atom stereocenters. The number of carbonyl (C=O) groups is 2. The van der Waals surface area contributed by atoms with Gasteiger partial charge in [0.2, 0.25) is 5.91 Å². The Hall–Kier alpha value is -1.95. The number of ether oxygens (including phenoxy) is 1. The largest absolute Gasteiger partial charge is 0.462 e. The van der Waals surface area contributed by atoms with Gasteiger partial charge in [0.25, 0.3) is 0 Å². The van der Waals surface area contributed by atoms with E-state index in [0.717, 1.165) is 42.3 Å². The molecule has 0 fully saturated rings. The lowest BCUT2D eigenvalue weighted by molar-refractivity contribution is -0.116. The second-order valence-corrected chi connectivity index (χ2v) is 6.73. The van der Waals surface area contributed by atoms with E-state index >= 15 is 0 Å². The van der Waals surface area contributed by atoms with E-state index in [9.17, 15) is 9.59 Å². The van der Waals surface area contributed by atoms with E-state index < -0.39 is 0 Å². The number of hydrogen-bond acceptors (Lipinski definition) is 5. The number of fused-ring (bicyclic) bond motifs is 1. The quantitative estimate of drug-likeness (QED) is 0.523. The molecule has 1 aromatic carbocycles. The van der Waals surface area contributed by atoms with E-state index in [1.807, 2.05) is 0 Å². The number of nitrogens with one attached hydrogen (secondary N) is 1. The molecule has 2 rings (SSSR count). The van der Waals surface area contributed by atoms with E-state index in [1.165, 1.54) is 11.3 Å². The van der Waals surface area contributed by atoms with Crippen molar-refractivity contribution in [1.82, 2.24) is 4.98 Å². The Bertz CT molecular complexity index is 697. The molecule has 0 radical (unpaired) electrons. The predicted octanol–water partition coefficient (Wildman–Crippen LogP) is 4.77. The number of anilines is 1. The Balaban J connectivity index is 2.00. The molecule has 0 aliphatic heterocycles. The van der Waals surface area contributed by atoms with Gasteiger partial charge in [-0.1, -0.05) is 44.4 Å². The summed E-state index contributed by atoms with van der Waals surface area (Å²) in [5.41, 5.74) is 1.29. The molecular weight excluding hydrogens is 324 g/mol. The number of rotatable bonds is 9. The number of carbonyl (C=O) groups excluding carboxylic acids is 2. The zero-order chi connectivity index (χ0) is 17.4. The van der Waals surface area contributed by atoms with Gasteiger partial charge in [-0.3, -0.25) is 4.79 Å². The third-order valence-corrected chi connectivity index (χ3v) is 4.54. The van der Waals surface area contributed by atoms with Gasteiger partial charge in [0.15, 0.2) is 5.13 Å². The maximum absolute atomic E-state index is 12.0. The number of amides is 1. The fourth-order valence-electron chi connectivity index (χ4n) is 2.21. The van der Waals surface area contributed by atoms with Gasteiger partial charge in [-0.2, -0.15) is 0 Å². The monoisotopic (exact) mass is 348 g/mol. The Morgan fingerprint density at radius 1 is 1.17 bits per heavy atom. The molecule has 130 valence electrons. The van der Waals surface area contributed by atoms with Crippen molar-refractivity contribution < 1.29 is 14.3 Å². The first-order valence-electron chi connectivity index (χ1n) is 8.51. The Morgan fingerprint density at radius 2 is 1.96 bits per heavy atom. The first-order valence-corrected chi connectivity index (χ1v) is 9.33. The molecule has 2 aromatic rings. The fraction of sp³-hybridized carbons (Fsp3) is 0.500. The minimum atomic E-state index is -0.316. The Labute approximate surface area is 146 Å². The summed E-state index contributed by atoms with van der Waals surface area (Å²) >= 11 is 1.37. The normalized spacial score (nSPS) is 10.8. The summed E-state index contributed by atoms with van der Waals surface area (Å²) in [5.74, 6) is -0.328. The minimum Gasteiger partial charge on any atom is -0.462 e. The molecule has 0 aliphatic rings. The molecule has 1 amide bonds. The number of esters is 1. The minimum absolute atomic E-state index is 0.0123. The standard InChI is InChI=1S/C18H24N2O3S/c1-3-5-7-8-16(21)20-18-19-14-10-9-13(12-15(14)24-18)17(22)23-11-6-4-2/h9-10,12H,3-8,11H2,1-2H3,(H,19,20,21). The van der Waals surface area contributed by atoms with Crippen LogP contribution < -0.4 is 5.32 Å². The van der Waals surface area contributed by atoms with E-state index in [2.05, 4.69) is 24.1 Å². The summed E-state index contributed by atoms with van der Waals surface area (Å²) < 4.78 is 6.08. The van der Waals surface area contributed by atoms with Crippen molar-refractivity contribution in [3.63, 3.8) is 0 Å². The highest BCUT2D eigenvalue weighted by Gasteiger charge is 2.12. The van der Waals surface area contributed by atoms with Gasteiger partial charge in [0.1, 0.15) is 0 Å². The summed E-state index contributed by atoms with van der Waals surface area (Å²) in [6.45, 7) is 4.60. The number of thiazole rings is 1. The third-order valence-electron chi connectivity index (χ3n) is 3.61. The number of aromatic nitrogens is 1. The molecule has 1 N–H and O–H groups in total. The van der Waals surface area contributed by atoms with Gasteiger partial charge in [0, 0.05) is 6.42 Å². The van der Waals surface area contributed by atoms with Gasteiger partial charge in [-0.15, -0.1) is 0 Å². The van der Waals surface area contributed by atoms with Crippen LogP contribution in [0.4, 0.5) is 5.13 Å². The first-order chi connectivity index (χ1) is 11.6. The number of nitrogens with zero attached hydrogens (tertiary/aromatic N) is 1. The molecule has 0 spiro atoms. The molecule has 24 heavy (non-hydrogen) atoms. The van der Waals surface area contributed by atoms with Crippen molar-refractivity contribution in [1.29, 1.82) is 0 Å². The fourth-order valence-corrected chi connectivity index (χ4v) is 3.14. The van der Waals surface area contributed by atoms with Crippen LogP contribution in [0, 0.1) is 0 Å². The molecule has 6 heteroatoms.